The van der Waals surface area contributed by atoms with Gasteiger partial charge in [0, 0.05) is 28.6 Å². The molecular formula is C14H20ClNO3S2. The first-order chi connectivity index (χ1) is 9.67. The van der Waals surface area contributed by atoms with Crippen LogP contribution in [0.25, 0.3) is 0 Å². The summed E-state index contributed by atoms with van der Waals surface area (Å²) in [5.74, 6) is 0.0630. The van der Waals surface area contributed by atoms with E-state index in [0.29, 0.717) is 0 Å². The minimum Gasteiger partial charge on any atom is -0.342 e. The number of halogens is 1. The molecule has 1 fully saturated rings. The van der Waals surface area contributed by atoms with Crippen molar-refractivity contribution in [1.82, 2.24) is 4.90 Å². The molecule has 21 heavy (non-hydrogen) atoms. The molecular weight excluding hydrogens is 330 g/mol. The normalized spacial score (nSPS) is 19.3. The molecule has 0 N–H and O–H groups in total. The van der Waals surface area contributed by atoms with Crippen LogP contribution in [0.15, 0.2) is 16.3 Å². The molecule has 0 radical (unpaired) electrons. The number of nitrogens with zero attached hydrogens (tertiary/aromatic N) is 1. The van der Waals surface area contributed by atoms with Crippen LogP contribution in [0.5, 0.6) is 0 Å². The lowest BCUT2D eigenvalue weighted by molar-refractivity contribution is -0.130. The van der Waals surface area contributed by atoms with E-state index in [1.54, 1.807) is 6.07 Å². The first kappa shape index (κ1) is 16.8. The summed E-state index contributed by atoms with van der Waals surface area (Å²) in [5.41, 5.74) is 0.290. The molecule has 0 atom stereocenters. The van der Waals surface area contributed by atoms with Gasteiger partial charge in [-0.2, -0.15) is 0 Å². The van der Waals surface area contributed by atoms with Gasteiger partial charge in [0.05, 0.1) is 6.42 Å². The zero-order valence-electron chi connectivity index (χ0n) is 12.3. The van der Waals surface area contributed by atoms with Crippen molar-refractivity contribution in [2.45, 2.75) is 43.7 Å². The molecule has 0 spiro atoms. The number of thiophene rings is 1. The van der Waals surface area contributed by atoms with Crippen molar-refractivity contribution in [3.8, 4) is 0 Å². The monoisotopic (exact) mass is 349 g/mol. The Morgan fingerprint density at radius 2 is 2.05 bits per heavy atom. The Balaban J connectivity index is 2.00. The van der Waals surface area contributed by atoms with Crippen molar-refractivity contribution in [2.24, 2.45) is 5.41 Å². The van der Waals surface area contributed by atoms with Crippen molar-refractivity contribution in [3.05, 3.63) is 17.0 Å². The topological polar surface area (TPSA) is 54.5 Å². The van der Waals surface area contributed by atoms with E-state index >= 15 is 0 Å². The van der Waals surface area contributed by atoms with E-state index < -0.39 is 9.05 Å². The number of carbonyl (C=O) groups is 1. The molecule has 0 aromatic carbocycles. The first-order valence-corrected chi connectivity index (χ1v) is 10.1. The summed E-state index contributed by atoms with van der Waals surface area (Å²) >= 11 is 1.07. The van der Waals surface area contributed by atoms with Crippen LogP contribution in [0, 0.1) is 5.41 Å². The molecule has 1 aromatic heterocycles. The Hall–Kier alpha value is -0.590. The third kappa shape index (κ3) is 4.69. The molecule has 1 aliphatic heterocycles. The smallest absolute Gasteiger partial charge is 0.270 e. The summed E-state index contributed by atoms with van der Waals surface area (Å²) in [4.78, 5) is 15.0. The number of likely N-dealkylation sites (tertiary alicyclic amines) is 1. The summed E-state index contributed by atoms with van der Waals surface area (Å²) in [6, 6.07) is 3.13. The fourth-order valence-electron chi connectivity index (χ4n) is 2.52. The standard InChI is InChI=1S/C14H20ClNO3S2/c1-14(2)6-3-8-16(9-7-14)12(17)10-11-4-5-13(20-11)21(15,18)19/h4-5H,3,6-10H2,1-2H3. The van der Waals surface area contributed by atoms with Crippen LogP contribution in [0.1, 0.15) is 38.0 Å². The maximum Gasteiger partial charge on any atom is 0.270 e. The van der Waals surface area contributed by atoms with Crippen LogP contribution < -0.4 is 0 Å². The highest BCUT2D eigenvalue weighted by atomic mass is 35.7. The number of hydrogen-bond acceptors (Lipinski definition) is 4. The Morgan fingerprint density at radius 3 is 2.67 bits per heavy atom. The molecule has 2 rings (SSSR count). The quantitative estimate of drug-likeness (QED) is 0.787. The van der Waals surface area contributed by atoms with E-state index in [1.165, 1.54) is 6.07 Å². The van der Waals surface area contributed by atoms with Crippen LogP contribution in [0.2, 0.25) is 0 Å². The van der Waals surface area contributed by atoms with Crippen molar-refractivity contribution >= 4 is 37.0 Å². The zero-order chi connectivity index (χ0) is 15.7. The average Bonchev–Trinajstić information content (AvgIpc) is 2.73. The Morgan fingerprint density at radius 1 is 1.33 bits per heavy atom. The van der Waals surface area contributed by atoms with Crippen LogP contribution in [0.3, 0.4) is 0 Å². The van der Waals surface area contributed by atoms with Gasteiger partial charge in [-0.3, -0.25) is 4.79 Å². The Kier molecular flexibility index (Phi) is 5.00. The predicted octanol–water partition coefficient (Wildman–Crippen LogP) is 3.26. The highest BCUT2D eigenvalue weighted by Gasteiger charge is 2.25. The van der Waals surface area contributed by atoms with Gasteiger partial charge in [0.1, 0.15) is 4.21 Å². The minimum absolute atomic E-state index is 0.0630. The van der Waals surface area contributed by atoms with Crippen molar-refractivity contribution in [3.63, 3.8) is 0 Å². The van der Waals surface area contributed by atoms with Crippen LogP contribution in [-0.4, -0.2) is 32.3 Å². The largest absolute Gasteiger partial charge is 0.342 e. The van der Waals surface area contributed by atoms with Crippen LogP contribution in [-0.2, 0) is 20.3 Å². The molecule has 2 heterocycles. The second-order valence-electron chi connectivity index (χ2n) is 6.23. The lowest BCUT2D eigenvalue weighted by Crippen LogP contribution is -2.33. The van der Waals surface area contributed by atoms with Gasteiger partial charge in [-0.1, -0.05) is 13.8 Å². The molecule has 1 amide bonds. The number of rotatable bonds is 3. The lowest BCUT2D eigenvalue weighted by atomic mass is 9.85. The molecule has 1 aromatic rings. The fraction of sp³-hybridized carbons (Fsp3) is 0.643. The van der Waals surface area contributed by atoms with Crippen molar-refractivity contribution in [2.75, 3.05) is 13.1 Å². The van der Waals surface area contributed by atoms with Crippen molar-refractivity contribution < 1.29 is 13.2 Å². The summed E-state index contributed by atoms with van der Waals surface area (Å²) in [6.45, 7) is 6.03. The van der Waals surface area contributed by atoms with Crippen LogP contribution >= 0.6 is 22.0 Å². The van der Waals surface area contributed by atoms with Gasteiger partial charge < -0.3 is 4.90 Å². The van der Waals surface area contributed by atoms with E-state index in [-0.39, 0.29) is 22.0 Å². The molecule has 4 nitrogen and oxygen atoms in total. The molecule has 1 aliphatic rings. The molecule has 0 aliphatic carbocycles. The highest BCUT2D eigenvalue weighted by Crippen LogP contribution is 2.30. The van der Waals surface area contributed by atoms with Gasteiger partial charge in [-0.05, 0) is 36.8 Å². The predicted molar refractivity (Wildman–Crippen MR) is 85.3 cm³/mol. The van der Waals surface area contributed by atoms with E-state index in [9.17, 15) is 13.2 Å². The van der Waals surface area contributed by atoms with E-state index in [1.807, 2.05) is 4.90 Å². The average molecular weight is 350 g/mol. The van der Waals surface area contributed by atoms with E-state index in [0.717, 1.165) is 48.6 Å². The van der Waals surface area contributed by atoms with Gasteiger partial charge in [0.25, 0.3) is 9.05 Å². The van der Waals surface area contributed by atoms with Gasteiger partial charge in [-0.15, -0.1) is 11.3 Å². The lowest BCUT2D eigenvalue weighted by Gasteiger charge is -2.23. The maximum absolute atomic E-state index is 12.3. The number of amides is 1. The second kappa shape index (κ2) is 6.26. The summed E-state index contributed by atoms with van der Waals surface area (Å²) in [7, 11) is 1.60. The summed E-state index contributed by atoms with van der Waals surface area (Å²) in [6.07, 6.45) is 3.40. The van der Waals surface area contributed by atoms with E-state index in [2.05, 4.69) is 13.8 Å². The fourth-order valence-corrected chi connectivity index (χ4v) is 4.63. The summed E-state index contributed by atoms with van der Waals surface area (Å²) in [5, 5.41) is 0. The summed E-state index contributed by atoms with van der Waals surface area (Å²) < 4.78 is 22.6. The zero-order valence-corrected chi connectivity index (χ0v) is 14.7. The van der Waals surface area contributed by atoms with Gasteiger partial charge in [0.15, 0.2) is 0 Å². The highest BCUT2D eigenvalue weighted by molar-refractivity contribution is 8.15. The van der Waals surface area contributed by atoms with Gasteiger partial charge in [-0.25, -0.2) is 8.42 Å². The number of carbonyl (C=O) groups excluding carboxylic acids is 1. The van der Waals surface area contributed by atoms with E-state index in [4.69, 9.17) is 10.7 Å². The minimum atomic E-state index is -3.70. The first-order valence-electron chi connectivity index (χ1n) is 6.99. The van der Waals surface area contributed by atoms with Gasteiger partial charge in [0.2, 0.25) is 5.91 Å². The SMILES string of the molecule is CC1(C)CCCN(C(=O)Cc2ccc(S(=O)(=O)Cl)s2)CC1. The molecule has 1 saturated heterocycles. The molecule has 7 heteroatoms. The van der Waals surface area contributed by atoms with Crippen LogP contribution in [0.4, 0.5) is 0 Å². The molecule has 0 unspecified atom stereocenters. The third-order valence-corrected chi connectivity index (χ3v) is 7.07. The number of hydrogen-bond donors (Lipinski definition) is 0. The third-order valence-electron chi connectivity index (χ3n) is 3.90. The Labute approximate surface area is 134 Å². The Bertz CT molecular complexity index is 622. The maximum atomic E-state index is 12.3. The van der Waals surface area contributed by atoms with Gasteiger partial charge >= 0.3 is 0 Å². The van der Waals surface area contributed by atoms with Crippen molar-refractivity contribution in [1.29, 1.82) is 0 Å². The molecule has 0 saturated carbocycles. The molecule has 0 bridgehead atoms. The molecule has 118 valence electrons. The second-order valence-corrected chi connectivity index (χ2v) is 10.2.